The van der Waals surface area contributed by atoms with Crippen LogP contribution in [0.2, 0.25) is 5.02 Å². The quantitative estimate of drug-likeness (QED) is 0.490. The lowest BCUT2D eigenvalue weighted by molar-refractivity contribution is -0.137. The summed E-state index contributed by atoms with van der Waals surface area (Å²) in [5, 5.41) is 7.11. The number of ketones is 1. The Hall–Kier alpha value is -2.06. The summed E-state index contributed by atoms with van der Waals surface area (Å²) in [5.74, 6) is -0.330. The molecule has 9 nitrogen and oxygen atoms in total. The number of piperazine rings is 1. The lowest BCUT2D eigenvalue weighted by Crippen LogP contribution is -2.59. The molecule has 198 valence electrons. The van der Waals surface area contributed by atoms with Crippen molar-refractivity contribution in [2.75, 3.05) is 39.4 Å². The number of sulfonamides is 1. The zero-order chi connectivity index (χ0) is 26.1. The zero-order valence-electron chi connectivity index (χ0n) is 19.7. The van der Waals surface area contributed by atoms with Crippen LogP contribution < -0.4 is 0 Å². The van der Waals surface area contributed by atoms with Gasteiger partial charge in [-0.1, -0.05) is 16.8 Å². The van der Waals surface area contributed by atoms with Crippen molar-refractivity contribution in [1.82, 2.24) is 24.2 Å². The standard InChI is InChI=1S/C22H27ClF3N5O4S/c1-29-15-20(27-28-29)36(33,34)31-10-8-30(9-11-31)21(6-12-35-13-7-21)5-4-19(32)17-3-2-16(14-18(17)23)22(24,25)26/h2-3,14-15H,4-13H2,1H3. The second kappa shape index (κ2) is 10.4. The summed E-state index contributed by atoms with van der Waals surface area (Å²) in [7, 11) is -2.16. The van der Waals surface area contributed by atoms with Crippen molar-refractivity contribution in [3.05, 3.63) is 40.5 Å². The second-order valence-corrected chi connectivity index (χ2v) is 11.4. The molecular weight excluding hydrogens is 523 g/mol. The molecule has 2 aliphatic heterocycles. The van der Waals surface area contributed by atoms with Gasteiger partial charge < -0.3 is 4.74 Å². The minimum atomic E-state index is -4.54. The summed E-state index contributed by atoms with van der Waals surface area (Å²) in [6.45, 7) is 2.48. The summed E-state index contributed by atoms with van der Waals surface area (Å²) < 4.78 is 72.9. The molecule has 4 rings (SSSR count). The van der Waals surface area contributed by atoms with E-state index in [0.717, 1.165) is 18.2 Å². The van der Waals surface area contributed by atoms with Crippen LogP contribution in [0.4, 0.5) is 13.2 Å². The molecule has 0 aliphatic carbocycles. The molecule has 0 unspecified atom stereocenters. The Morgan fingerprint density at radius 1 is 1.17 bits per heavy atom. The average Bonchev–Trinajstić information content (AvgIpc) is 3.30. The fraction of sp³-hybridized carbons (Fsp3) is 0.591. The topological polar surface area (TPSA) is 97.6 Å². The Morgan fingerprint density at radius 3 is 2.39 bits per heavy atom. The van der Waals surface area contributed by atoms with Crippen molar-refractivity contribution >= 4 is 27.4 Å². The van der Waals surface area contributed by atoms with E-state index in [1.807, 2.05) is 0 Å². The lowest BCUT2D eigenvalue weighted by Gasteiger charge is -2.49. The van der Waals surface area contributed by atoms with Crippen LogP contribution >= 0.6 is 11.6 Å². The van der Waals surface area contributed by atoms with Crippen molar-refractivity contribution in [3.63, 3.8) is 0 Å². The van der Waals surface area contributed by atoms with Crippen molar-refractivity contribution < 1.29 is 31.1 Å². The van der Waals surface area contributed by atoms with Crippen LogP contribution in [-0.2, 0) is 28.0 Å². The van der Waals surface area contributed by atoms with E-state index in [1.54, 1.807) is 7.05 Å². The molecule has 0 bridgehead atoms. The molecule has 0 amide bonds. The largest absolute Gasteiger partial charge is 0.416 e. The minimum Gasteiger partial charge on any atom is -0.381 e. The zero-order valence-corrected chi connectivity index (χ0v) is 21.2. The van der Waals surface area contributed by atoms with Gasteiger partial charge in [-0.3, -0.25) is 14.4 Å². The van der Waals surface area contributed by atoms with E-state index >= 15 is 0 Å². The van der Waals surface area contributed by atoms with Crippen LogP contribution in [0.25, 0.3) is 0 Å². The van der Waals surface area contributed by atoms with E-state index < -0.39 is 21.8 Å². The maximum Gasteiger partial charge on any atom is 0.416 e. The average molecular weight is 550 g/mol. The highest BCUT2D eigenvalue weighted by Crippen LogP contribution is 2.36. The van der Waals surface area contributed by atoms with Gasteiger partial charge in [-0.05, 0) is 37.5 Å². The van der Waals surface area contributed by atoms with Gasteiger partial charge in [0, 0.05) is 64.0 Å². The third-order valence-electron chi connectivity index (χ3n) is 6.93. The molecule has 1 aromatic heterocycles. The van der Waals surface area contributed by atoms with E-state index in [0.29, 0.717) is 45.6 Å². The van der Waals surface area contributed by atoms with Crippen LogP contribution in [0.1, 0.15) is 41.6 Å². The molecule has 0 radical (unpaired) electrons. The second-order valence-electron chi connectivity index (χ2n) is 9.07. The molecule has 2 aliphatic rings. The van der Waals surface area contributed by atoms with E-state index in [2.05, 4.69) is 15.2 Å². The number of carbonyl (C=O) groups is 1. The summed E-state index contributed by atoms with van der Waals surface area (Å²) in [4.78, 5) is 15.1. The van der Waals surface area contributed by atoms with Gasteiger partial charge in [0.1, 0.15) is 0 Å². The SMILES string of the molecule is Cn1cc(S(=O)(=O)N2CCN(C3(CCC(=O)c4ccc(C(F)(F)F)cc4Cl)CCOCC3)CC2)nn1. The summed E-state index contributed by atoms with van der Waals surface area (Å²) in [5.41, 5.74) is -1.22. The summed E-state index contributed by atoms with van der Waals surface area (Å²) >= 11 is 6.02. The third kappa shape index (κ3) is 5.59. The van der Waals surface area contributed by atoms with Gasteiger partial charge >= 0.3 is 6.18 Å². The Bertz CT molecular complexity index is 1210. The summed E-state index contributed by atoms with van der Waals surface area (Å²) in [6.07, 6.45) is -1.29. The van der Waals surface area contributed by atoms with Crippen molar-refractivity contribution in [3.8, 4) is 0 Å². The van der Waals surface area contributed by atoms with Gasteiger partial charge in [0.2, 0.25) is 5.03 Å². The maximum absolute atomic E-state index is 12.9. The molecule has 14 heteroatoms. The van der Waals surface area contributed by atoms with Gasteiger partial charge in [-0.2, -0.15) is 17.5 Å². The number of benzene rings is 1. The fourth-order valence-electron chi connectivity index (χ4n) is 4.85. The number of hydrogen-bond acceptors (Lipinski definition) is 7. The van der Waals surface area contributed by atoms with Crippen LogP contribution in [0.3, 0.4) is 0 Å². The molecule has 0 N–H and O–H groups in total. The van der Waals surface area contributed by atoms with Crippen LogP contribution in [-0.4, -0.2) is 83.3 Å². The highest BCUT2D eigenvalue weighted by Gasteiger charge is 2.42. The first kappa shape index (κ1) is 27.0. The van der Waals surface area contributed by atoms with Gasteiger partial charge in [0.05, 0.1) is 16.8 Å². The molecule has 1 aromatic carbocycles. The molecular formula is C22H27ClF3N5O4S. The first-order chi connectivity index (χ1) is 16.9. The number of halogens is 4. The normalized spacial score (nSPS) is 19.9. The lowest BCUT2D eigenvalue weighted by atomic mass is 9.82. The number of ether oxygens (including phenoxy) is 1. The maximum atomic E-state index is 12.9. The predicted octanol–water partition coefficient (Wildman–Crippen LogP) is 3.01. The number of hydrogen-bond donors (Lipinski definition) is 0. The number of alkyl halides is 3. The van der Waals surface area contributed by atoms with E-state index in [4.69, 9.17) is 16.3 Å². The van der Waals surface area contributed by atoms with Crippen LogP contribution in [0.15, 0.2) is 29.4 Å². The molecule has 2 aromatic rings. The molecule has 0 spiro atoms. The molecule has 0 saturated carbocycles. The van der Waals surface area contributed by atoms with Crippen LogP contribution in [0.5, 0.6) is 0 Å². The molecule has 2 fully saturated rings. The number of aromatic nitrogens is 3. The number of aryl methyl sites for hydroxylation is 1. The van der Waals surface area contributed by atoms with Crippen LogP contribution in [0, 0.1) is 0 Å². The highest BCUT2D eigenvalue weighted by molar-refractivity contribution is 7.89. The molecule has 2 saturated heterocycles. The van der Waals surface area contributed by atoms with Gasteiger partial charge in [-0.15, -0.1) is 5.10 Å². The van der Waals surface area contributed by atoms with Crippen molar-refractivity contribution in [2.24, 2.45) is 7.05 Å². The first-order valence-corrected chi connectivity index (χ1v) is 13.3. The van der Waals surface area contributed by atoms with Crippen molar-refractivity contribution in [2.45, 2.75) is 42.4 Å². The van der Waals surface area contributed by atoms with Gasteiger partial charge in [0.25, 0.3) is 10.0 Å². The number of carbonyl (C=O) groups excluding carboxylic acids is 1. The summed E-state index contributed by atoms with van der Waals surface area (Å²) in [6, 6.07) is 2.76. The van der Waals surface area contributed by atoms with E-state index in [1.165, 1.54) is 15.2 Å². The Morgan fingerprint density at radius 2 is 1.83 bits per heavy atom. The van der Waals surface area contributed by atoms with E-state index in [9.17, 15) is 26.4 Å². The number of Topliss-reactive ketones (excluding diaryl/α,β-unsaturated/α-hetero) is 1. The van der Waals surface area contributed by atoms with Gasteiger partial charge in [-0.25, -0.2) is 8.42 Å². The smallest absolute Gasteiger partial charge is 0.381 e. The monoisotopic (exact) mass is 549 g/mol. The predicted molar refractivity (Wildman–Crippen MR) is 124 cm³/mol. The highest BCUT2D eigenvalue weighted by atomic mass is 35.5. The Labute approximate surface area is 212 Å². The number of rotatable bonds is 7. The third-order valence-corrected chi connectivity index (χ3v) is 9.01. The number of nitrogens with zero attached hydrogens (tertiary/aromatic N) is 5. The molecule has 36 heavy (non-hydrogen) atoms. The van der Waals surface area contributed by atoms with E-state index in [-0.39, 0.29) is 46.4 Å². The molecule has 3 heterocycles. The Balaban J connectivity index is 1.44. The minimum absolute atomic E-state index is 0.0618. The Kier molecular flexibility index (Phi) is 7.77. The fourth-order valence-corrected chi connectivity index (χ4v) is 6.47. The van der Waals surface area contributed by atoms with Gasteiger partial charge in [0.15, 0.2) is 5.78 Å². The molecule has 0 atom stereocenters. The first-order valence-electron chi connectivity index (χ1n) is 11.5. The van der Waals surface area contributed by atoms with Crippen molar-refractivity contribution in [1.29, 1.82) is 0 Å².